The zero-order chi connectivity index (χ0) is 14.1. The fourth-order valence-corrected chi connectivity index (χ4v) is 3.05. The predicted molar refractivity (Wildman–Crippen MR) is 79.4 cm³/mol. The van der Waals surface area contributed by atoms with E-state index < -0.39 is 0 Å². The summed E-state index contributed by atoms with van der Waals surface area (Å²) in [5.41, 5.74) is 0.624. The van der Waals surface area contributed by atoms with Crippen LogP contribution in [-0.4, -0.2) is 35.3 Å². The lowest BCUT2D eigenvalue weighted by molar-refractivity contribution is -0.125. The number of carbonyl (C=O) groups is 2. The van der Waals surface area contributed by atoms with Crippen LogP contribution >= 0.6 is 15.9 Å². The van der Waals surface area contributed by atoms with Gasteiger partial charge in [0.25, 0.3) is 5.91 Å². The molecule has 4 nitrogen and oxygen atoms in total. The van der Waals surface area contributed by atoms with Gasteiger partial charge in [0, 0.05) is 17.1 Å². The molecule has 1 N–H and O–H groups in total. The van der Waals surface area contributed by atoms with E-state index in [4.69, 9.17) is 0 Å². The van der Waals surface area contributed by atoms with E-state index in [1.54, 1.807) is 11.0 Å². The highest BCUT2D eigenvalue weighted by Gasteiger charge is 2.37. The number of benzene rings is 1. The first-order valence-electron chi connectivity index (χ1n) is 7.02. The maximum atomic E-state index is 12.6. The number of likely N-dealkylation sites (tertiary alicyclic amines) is 1. The second kappa shape index (κ2) is 5.56. The first-order valence-corrected chi connectivity index (χ1v) is 7.82. The predicted octanol–water partition coefficient (Wildman–Crippen LogP) is 2.33. The molecule has 1 atom stereocenters. The van der Waals surface area contributed by atoms with E-state index in [0.717, 1.165) is 30.2 Å². The standard InChI is InChI=1S/C15H17BrN2O2/c16-12-5-2-1-4-11(12)15(20)18-9-3-6-13(18)14(19)17-10-7-8-10/h1-2,4-5,10,13H,3,6-9H2,(H,17,19). The number of hydrogen-bond acceptors (Lipinski definition) is 2. The number of amides is 2. The molecule has 106 valence electrons. The van der Waals surface area contributed by atoms with Crippen LogP contribution in [0, 0.1) is 0 Å². The minimum Gasteiger partial charge on any atom is -0.352 e. The molecule has 0 bridgehead atoms. The summed E-state index contributed by atoms with van der Waals surface area (Å²) in [7, 11) is 0. The van der Waals surface area contributed by atoms with Crippen LogP contribution < -0.4 is 5.32 Å². The van der Waals surface area contributed by atoms with Gasteiger partial charge in [0.1, 0.15) is 6.04 Å². The monoisotopic (exact) mass is 336 g/mol. The fourth-order valence-electron chi connectivity index (χ4n) is 2.60. The molecule has 2 amide bonds. The summed E-state index contributed by atoms with van der Waals surface area (Å²) >= 11 is 3.40. The van der Waals surface area contributed by atoms with E-state index >= 15 is 0 Å². The molecule has 0 spiro atoms. The molecule has 2 fully saturated rings. The molecule has 1 aliphatic carbocycles. The lowest BCUT2D eigenvalue weighted by Crippen LogP contribution is -2.46. The minimum absolute atomic E-state index is 0.00500. The Hall–Kier alpha value is -1.36. The van der Waals surface area contributed by atoms with Crippen molar-refractivity contribution in [2.45, 2.75) is 37.8 Å². The van der Waals surface area contributed by atoms with Gasteiger partial charge in [-0.25, -0.2) is 0 Å². The first kappa shape index (κ1) is 13.6. The SMILES string of the molecule is O=C(NC1CC1)C1CCCN1C(=O)c1ccccc1Br. The van der Waals surface area contributed by atoms with Crippen LogP contribution in [0.1, 0.15) is 36.0 Å². The maximum absolute atomic E-state index is 12.6. The van der Waals surface area contributed by atoms with Gasteiger partial charge in [-0.3, -0.25) is 9.59 Å². The molecule has 3 rings (SSSR count). The molecule has 1 aromatic rings. The van der Waals surface area contributed by atoms with Crippen molar-refractivity contribution in [3.05, 3.63) is 34.3 Å². The quantitative estimate of drug-likeness (QED) is 0.920. The minimum atomic E-state index is -0.310. The largest absolute Gasteiger partial charge is 0.352 e. The molecule has 0 aromatic heterocycles. The third-order valence-corrected chi connectivity index (χ3v) is 4.54. The van der Waals surface area contributed by atoms with Crippen LogP contribution in [0.25, 0.3) is 0 Å². The number of nitrogens with one attached hydrogen (secondary N) is 1. The number of halogens is 1. The lowest BCUT2D eigenvalue weighted by atomic mass is 10.1. The van der Waals surface area contributed by atoms with Crippen molar-refractivity contribution in [3.63, 3.8) is 0 Å². The van der Waals surface area contributed by atoms with Crippen molar-refractivity contribution in [1.82, 2.24) is 10.2 Å². The zero-order valence-corrected chi connectivity index (χ0v) is 12.7. The van der Waals surface area contributed by atoms with E-state index in [1.165, 1.54) is 0 Å². The van der Waals surface area contributed by atoms with Gasteiger partial charge in [-0.05, 0) is 53.7 Å². The van der Waals surface area contributed by atoms with Gasteiger partial charge in [0.15, 0.2) is 0 Å². The topological polar surface area (TPSA) is 49.4 Å². The molecule has 2 aliphatic rings. The first-order chi connectivity index (χ1) is 9.66. The summed E-state index contributed by atoms with van der Waals surface area (Å²) in [6.45, 7) is 0.656. The Morgan fingerprint density at radius 2 is 1.95 bits per heavy atom. The molecule has 1 heterocycles. The maximum Gasteiger partial charge on any atom is 0.255 e. The van der Waals surface area contributed by atoms with Gasteiger partial charge < -0.3 is 10.2 Å². The van der Waals surface area contributed by atoms with Crippen LogP contribution in [0.15, 0.2) is 28.7 Å². The van der Waals surface area contributed by atoms with Gasteiger partial charge in [0.2, 0.25) is 5.91 Å². The average Bonchev–Trinajstić information content (AvgIpc) is 3.11. The number of rotatable bonds is 3. The van der Waals surface area contributed by atoms with Crippen molar-refractivity contribution in [2.24, 2.45) is 0 Å². The van der Waals surface area contributed by atoms with Gasteiger partial charge in [-0.1, -0.05) is 12.1 Å². The summed E-state index contributed by atoms with van der Waals surface area (Å²) in [6, 6.07) is 7.39. The Kier molecular flexibility index (Phi) is 3.78. The normalized spacial score (nSPS) is 21.9. The van der Waals surface area contributed by atoms with Gasteiger partial charge >= 0.3 is 0 Å². The van der Waals surface area contributed by atoms with E-state index in [0.29, 0.717) is 18.2 Å². The van der Waals surface area contributed by atoms with Gasteiger partial charge in [-0.15, -0.1) is 0 Å². The number of hydrogen-bond donors (Lipinski definition) is 1. The molecule has 1 aliphatic heterocycles. The Bertz CT molecular complexity index is 542. The molecular weight excluding hydrogens is 320 g/mol. The molecule has 20 heavy (non-hydrogen) atoms. The second-order valence-electron chi connectivity index (χ2n) is 5.42. The van der Waals surface area contributed by atoms with Crippen molar-refractivity contribution < 1.29 is 9.59 Å². The molecule has 1 aromatic carbocycles. The number of nitrogens with zero attached hydrogens (tertiary/aromatic N) is 1. The summed E-state index contributed by atoms with van der Waals surface area (Å²) < 4.78 is 0.776. The summed E-state index contributed by atoms with van der Waals surface area (Å²) in [5, 5.41) is 3.00. The van der Waals surface area contributed by atoms with E-state index in [-0.39, 0.29) is 17.9 Å². The van der Waals surface area contributed by atoms with E-state index in [1.807, 2.05) is 18.2 Å². The summed E-state index contributed by atoms with van der Waals surface area (Å²) in [5.74, 6) is -0.0590. The van der Waals surface area contributed by atoms with Crippen LogP contribution in [0.4, 0.5) is 0 Å². The van der Waals surface area contributed by atoms with Gasteiger partial charge in [-0.2, -0.15) is 0 Å². The van der Waals surface area contributed by atoms with Crippen molar-refractivity contribution in [1.29, 1.82) is 0 Å². The van der Waals surface area contributed by atoms with Crippen molar-refractivity contribution in [3.8, 4) is 0 Å². The van der Waals surface area contributed by atoms with Crippen LogP contribution in [0.5, 0.6) is 0 Å². The zero-order valence-electron chi connectivity index (χ0n) is 11.1. The third kappa shape index (κ3) is 2.73. The van der Waals surface area contributed by atoms with E-state index in [9.17, 15) is 9.59 Å². The summed E-state index contributed by atoms with van der Waals surface area (Å²) in [6.07, 6.45) is 3.78. The average molecular weight is 337 g/mol. The van der Waals surface area contributed by atoms with E-state index in [2.05, 4.69) is 21.2 Å². The molecule has 1 saturated carbocycles. The molecular formula is C15H17BrN2O2. The highest BCUT2D eigenvalue weighted by Crippen LogP contribution is 2.25. The highest BCUT2D eigenvalue weighted by molar-refractivity contribution is 9.10. The van der Waals surface area contributed by atoms with Crippen LogP contribution in [0.2, 0.25) is 0 Å². The number of carbonyl (C=O) groups excluding carboxylic acids is 2. The second-order valence-corrected chi connectivity index (χ2v) is 6.27. The van der Waals surface area contributed by atoms with Crippen LogP contribution in [-0.2, 0) is 4.79 Å². The van der Waals surface area contributed by atoms with Crippen LogP contribution in [0.3, 0.4) is 0 Å². The molecule has 1 saturated heterocycles. The van der Waals surface area contributed by atoms with Gasteiger partial charge in [0.05, 0.1) is 5.56 Å². The van der Waals surface area contributed by atoms with Crippen molar-refractivity contribution in [2.75, 3.05) is 6.54 Å². The molecule has 0 radical (unpaired) electrons. The molecule has 1 unspecified atom stereocenters. The lowest BCUT2D eigenvalue weighted by Gasteiger charge is -2.24. The highest BCUT2D eigenvalue weighted by atomic mass is 79.9. The Balaban J connectivity index is 1.76. The van der Waals surface area contributed by atoms with Crippen molar-refractivity contribution >= 4 is 27.7 Å². The smallest absolute Gasteiger partial charge is 0.255 e. The Morgan fingerprint density at radius 1 is 1.20 bits per heavy atom. The molecule has 5 heteroatoms. The summed E-state index contributed by atoms with van der Waals surface area (Å²) in [4.78, 5) is 26.5. The Morgan fingerprint density at radius 3 is 2.65 bits per heavy atom. The fraction of sp³-hybridized carbons (Fsp3) is 0.467. The third-order valence-electron chi connectivity index (χ3n) is 3.84. The Labute approximate surface area is 126 Å².